The van der Waals surface area contributed by atoms with Gasteiger partial charge in [-0.05, 0) is 50.0 Å². The van der Waals surface area contributed by atoms with Gasteiger partial charge in [-0.1, -0.05) is 12.1 Å². The van der Waals surface area contributed by atoms with Crippen LogP contribution in [0.2, 0.25) is 0 Å². The van der Waals surface area contributed by atoms with E-state index in [-0.39, 0.29) is 17.9 Å². The first-order chi connectivity index (χ1) is 12.0. The Labute approximate surface area is 150 Å². The van der Waals surface area contributed by atoms with Crippen LogP contribution in [0.4, 0.5) is 0 Å². The highest BCUT2D eigenvalue weighted by molar-refractivity contribution is 7.88. The lowest BCUT2D eigenvalue weighted by molar-refractivity contribution is 0.113. The van der Waals surface area contributed by atoms with E-state index in [0.29, 0.717) is 12.3 Å². The lowest BCUT2D eigenvalue weighted by atomic mass is 10.2. The minimum absolute atomic E-state index is 0.00124. The number of sulfonamides is 1. The van der Waals surface area contributed by atoms with E-state index in [1.807, 2.05) is 18.2 Å². The maximum atomic E-state index is 13.1. The van der Waals surface area contributed by atoms with Gasteiger partial charge in [0.1, 0.15) is 5.75 Å². The number of likely N-dealkylation sites (tertiary alicyclic amines) is 1. The molecular weight excluding hydrogens is 340 g/mol. The lowest BCUT2D eigenvalue weighted by Crippen LogP contribution is -2.43. The van der Waals surface area contributed by atoms with Crippen molar-refractivity contribution in [3.05, 3.63) is 29.8 Å². The van der Waals surface area contributed by atoms with E-state index in [0.717, 1.165) is 31.6 Å². The molecule has 0 amide bonds. The SMILES string of the molecule is COc1cccc(CS(=O)(=O)N2C[C@@H](OC)C[C@H]2CN2CCCC2)c1. The van der Waals surface area contributed by atoms with Gasteiger partial charge in [0, 0.05) is 26.2 Å². The summed E-state index contributed by atoms with van der Waals surface area (Å²) in [5.41, 5.74) is 0.750. The van der Waals surface area contributed by atoms with Crippen molar-refractivity contribution in [3.63, 3.8) is 0 Å². The Hall–Kier alpha value is -1.15. The van der Waals surface area contributed by atoms with Crippen LogP contribution in [0.15, 0.2) is 24.3 Å². The van der Waals surface area contributed by atoms with Gasteiger partial charge < -0.3 is 14.4 Å². The highest BCUT2D eigenvalue weighted by Gasteiger charge is 2.40. The molecule has 0 radical (unpaired) electrons. The zero-order chi connectivity index (χ0) is 17.9. The minimum atomic E-state index is -3.40. The first-order valence-electron chi connectivity index (χ1n) is 8.89. The molecule has 0 aliphatic carbocycles. The van der Waals surface area contributed by atoms with E-state index in [1.165, 1.54) is 12.8 Å². The zero-order valence-corrected chi connectivity index (χ0v) is 15.9. The fourth-order valence-corrected chi connectivity index (χ4v) is 5.61. The summed E-state index contributed by atoms with van der Waals surface area (Å²) in [6.07, 6.45) is 3.16. The summed E-state index contributed by atoms with van der Waals surface area (Å²) in [6.45, 7) is 3.38. The largest absolute Gasteiger partial charge is 0.497 e. The molecule has 1 aromatic carbocycles. The molecular formula is C18H28N2O4S. The second-order valence-electron chi connectivity index (χ2n) is 6.93. The molecule has 2 fully saturated rings. The first-order valence-corrected chi connectivity index (χ1v) is 10.5. The van der Waals surface area contributed by atoms with Crippen LogP contribution >= 0.6 is 0 Å². The van der Waals surface area contributed by atoms with E-state index in [1.54, 1.807) is 24.6 Å². The first kappa shape index (κ1) is 18.6. The van der Waals surface area contributed by atoms with Crippen LogP contribution in [0.5, 0.6) is 5.75 Å². The van der Waals surface area contributed by atoms with Crippen LogP contribution in [-0.4, -0.2) is 70.2 Å². The van der Waals surface area contributed by atoms with Gasteiger partial charge in [0.05, 0.1) is 19.0 Å². The zero-order valence-electron chi connectivity index (χ0n) is 15.1. The summed E-state index contributed by atoms with van der Waals surface area (Å²) in [6, 6.07) is 7.27. The number of benzene rings is 1. The highest BCUT2D eigenvalue weighted by Crippen LogP contribution is 2.27. The monoisotopic (exact) mass is 368 g/mol. The fourth-order valence-electron chi connectivity index (χ4n) is 3.84. The molecule has 0 unspecified atom stereocenters. The number of hydrogen-bond donors (Lipinski definition) is 0. The van der Waals surface area contributed by atoms with Gasteiger partial charge in [-0.25, -0.2) is 8.42 Å². The summed E-state index contributed by atoms with van der Waals surface area (Å²) in [4.78, 5) is 2.37. The quantitative estimate of drug-likeness (QED) is 0.733. The molecule has 0 N–H and O–H groups in total. The van der Waals surface area contributed by atoms with Crippen LogP contribution in [0.1, 0.15) is 24.8 Å². The standard InChI is InChI=1S/C18H28N2O4S/c1-23-17-7-5-6-15(10-17)14-25(21,22)20-13-18(24-2)11-16(20)12-19-8-3-4-9-19/h5-7,10,16,18H,3-4,8-9,11-14H2,1-2H3/t16-,18-/m0/s1. The van der Waals surface area contributed by atoms with Crippen LogP contribution in [0, 0.1) is 0 Å². The number of methoxy groups -OCH3 is 2. The Morgan fingerprint density at radius 3 is 2.64 bits per heavy atom. The van der Waals surface area contributed by atoms with E-state index in [9.17, 15) is 8.42 Å². The van der Waals surface area contributed by atoms with Gasteiger partial charge in [-0.15, -0.1) is 0 Å². The van der Waals surface area contributed by atoms with Gasteiger partial charge in [0.25, 0.3) is 0 Å². The molecule has 2 atom stereocenters. The van der Waals surface area contributed by atoms with Crippen LogP contribution < -0.4 is 4.74 Å². The van der Waals surface area contributed by atoms with Gasteiger partial charge in [0.2, 0.25) is 10.0 Å². The molecule has 0 saturated carbocycles. The predicted molar refractivity (Wildman–Crippen MR) is 97.2 cm³/mol. The Morgan fingerprint density at radius 1 is 1.20 bits per heavy atom. The van der Waals surface area contributed by atoms with E-state index >= 15 is 0 Å². The third-order valence-corrected chi connectivity index (χ3v) is 7.03. The van der Waals surface area contributed by atoms with Crippen molar-refractivity contribution >= 4 is 10.0 Å². The second kappa shape index (κ2) is 8.03. The second-order valence-corrected chi connectivity index (χ2v) is 8.85. The Kier molecular flexibility index (Phi) is 5.99. The molecule has 140 valence electrons. The van der Waals surface area contributed by atoms with Gasteiger partial charge in [-0.3, -0.25) is 0 Å². The summed E-state index contributed by atoms with van der Waals surface area (Å²) >= 11 is 0. The van der Waals surface area contributed by atoms with Crippen molar-refractivity contribution in [2.75, 3.05) is 40.4 Å². The predicted octanol–water partition coefficient (Wildman–Crippen LogP) is 1.71. The minimum Gasteiger partial charge on any atom is -0.497 e. The van der Waals surface area contributed by atoms with Crippen molar-refractivity contribution in [2.24, 2.45) is 0 Å². The molecule has 0 bridgehead atoms. The number of rotatable bonds is 7. The number of nitrogens with zero attached hydrogens (tertiary/aromatic N) is 2. The molecule has 1 aromatic rings. The maximum Gasteiger partial charge on any atom is 0.218 e. The van der Waals surface area contributed by atoms with E-state index < -0.39 is 10.0 Å². The number of ether oxygens (including phenoxy) is 2. The summed E-state index contributed by atoms with van der Waals surface area (Å²) < 4.78 is 38.5. The Morgan fingerprint density at radius 2 is 1.96 bits per heavy atom. The Bertz CT molecular complexity index is 673. The van der Waals surface area contributed by atoms with Crippen molar-refractivity contribution in [2.45, 2.75) is 37.2 Å². The maximum absolute atomic E-state index is 13.1. The summed E-state index contributed by atoms with van der Waals surface area (Å²) in [5.74, 6) is 0.675. The molecule has 2 aliphatic rings. The average Bonchev–Trinajstić information content (AvgIpc) is 3.25. The molecule has 0 spiro atoms. The molecule has 0 aromatic heterocycles. The molecule has 6 nitrogen and oxygen atoms in total. The fraction of sp³-hybridized carbons (Fsp3) is 0.667. The third-order valence-electron chi connectivity index (χ3n) is 5.17. The van der Waals surface area contributed by atoms with Gasteiger partial charge in [0.15, 0.2) is 0 Å². The topological polar surface area (TPSA) is 59.1 Å². The van der Waals surface area contributed by atoms with Gasteiger partial charge in [-0.2, -0.15) is 4.31 Å². The molecule has 25 heavy (non-hydrogen) atoms. The molecule has 2 aliphatic heterocycles. The normalized spacial score (nSPS) is 25.5. The van der Waals surface area contributed by atoms with Crippen LogP contribution in [0.25, 0.3) is 0 Å². The smallest absolute Gasteiger partial charge is 0.218 e. The van der Waals surface area contributed by atoms with E-state index in [2.05, 4.69) is 4.90 Å². The Balaban J connectivity index is 1.74. The third kappa shape index (κ3) is 4.53. The van der Waals surface area contributed by atoms with E-state index in [4.69, 9.17) is 9.47 Å². The summed E-state index contributed by atoms with van der Waals surface area (Å²) in [7, 11) is -0.152. The van der Waals surface area contributed by atoms with Crippen LogP contribution in [0.3, 0.4) is 0 Å². The van der Waals surface area contributed by atoms with Crippen molar-refractivity contribution in [1.82, 2.24) is 9.21 Å². The highest BCUT2D eigenvalue weighted by atomic mass is 32.2. The lowest BCUT2D eigenvalue weighted by Gasteiger charge is -2.27. The van der Waals surface area contributed by atoms with Crippen LogP contribution in [-0.2, 0) is 20.5 Å². The molecule has 2 saturated heterocycles. The average molecular weight is 368 g/mol. The molecule has 3 rings (SSSR count). The van der Waals surface area contributed by atoms with Crippen molar-refractivity contribution < 1.29 is 17.9 Å². The van der Waals surface area contributed by atoms with Crippen molar-refractivity contribution in [3.8, 4) is 5.75 Å². The molecule has 7 heteroatoms. The molecule has 2 heterocycles. The van der Waals surface area contributed by atoms with Crippen molar-refractivity contribution in [1.29, 1.82) is 0 Å². The van der Waals surface area contributed by atoms with Gasteiger partial charge >= 0.3 is 0 Å². The number of hydrogen-bond acceptors (Lipinski definition) is 5. The summed E-state index contributed by atoms with van der Waals surface area (Å²) in [5, 5.41) is 0.